The van der Waals surface area contributed by atoms with Gasteiger partial charge in [-0.2, -0.15) is 5.26 Å². The van der Waals surface area contributed by atoms with E-state index in [4.69, 9.17) is 21.8 Å². The van der Waals surface area contributed by atoms with Crippen LogP contribution in [0.4, 0.5) is 0 Å². The van der Waals surface area contributed by atoms with E-state index in [1.54, 1.807) is 28.0 Å². The van der Waals surface area contributed by atoms with Crippen LogP contribution in [0.15, 0.2) is 34.2 Å². The number of hydrogen-bond acceptors (Lipinski definition) is 5. The fourth-order valence-electron chi connectivity index (χ4n) is 3.38. The summed E-state index contributed by atoms with van der Waals surface area (Å²) in [5, 5.41) is 10.9. The van der Waals surface area contributed by atoms with Gasteiger partial charge >= 0.3 is 0 Å². The summed E-state index contributed by atoms with van der Waals surface area (Å²) in [6.45, 7) is 2.25. The van der Waals surface area contributed by atoms with Crippen molar-refractivity contribution in [2.75, 3.05) is 5.75 Å². The lowest BCUT2D eigenvalue weighted by molar-refractivity contribution is 0.509. The molecule has 0 saturated heterocycles. The SMILES string of the molecule is C[C@@H]1CCc2c(sc3nc(SCC#N)n(-c4ccc(Cl)cc4)c(=O)c23)C1. The van der Waals surface area contributed by atoms with E-state index in [0.29, 0.717) is 16.1 Å². The van der Waals surface area contributed by atoms with Crippen LogP contribution < -0.4 is 5.56 Å². The van der Waals surface area contributed by atoms with Gasteiger partial charge in [-0.15, -0.1) is 11.3 Å². The van der Waals surface area contributed by atoms with Crippen molar-refractivity contribution in [3.8, 4) is 11.8 Å². The van der Waals surface area contributed by atoms with Gasteiger partial charge in [-0.25, -0.2) is 4.98 Å². The molecule has 0 N–H and O–H groups in total. The molecule has 0 amide bonds. The van der Waals surface area contributed by atoms with E-state index in [9.17, 15) is 4.79 Å². The minimum absolute atomic E-state index is 0.0511. The zero-order valence-corrected chi connectivity index (χ0v) is 16.5. The van der Waals surface area contributed by atoms with Crippen molar-refractivity contribution in [2.24, 2.45) is 5.92 Å². The Bertz CT molecular complexity index is 1080. The standard InChI is InChI=1S/C19H16ClN3OS2/c1-11-2-7-14-15(10-11)26-17-16(14)18(24)23(19(22-17)25-9-8-21)13-5-3-12(20)4-6-13/h3-6,11H,2,7,9-10H2,1H3/t11-/m1/s1. The van der Waals surface area contributed by atoms with Crippen LogP contribution in [-0.2, 0) is 12.8 Å². The third-order valence-corrected chi connectivity index (χ3v) is 6.85. The van der Waals surface area contributed by atoms with Crippen molar-refractivity contribution in [3.63, 3.8) is 0 Å². The molecule has 2 aromatic heterocycles. The van der Waals surface area contributed by atoms with Crippen LogP contribution in [0.5, 0.6) is 0 Å². The lowest BCUT2D eigenvalue weighted by Gasteiger charge is -2.17. The van der Waals surface area contributed by atoms with Gasteiger partial charge in [0.1, 0.15) is 4.83 Å². The van der Waals surface area contributed by atoms with Crippen LogP contribution in [0.2, 0.25) is 5.02 Å². The van der Waals surface area contributed by atoms with Crippen LogP contribution in [0.1, 0.15) is 23.8 Å². The van der Waals surface area contributed by atoms with Crippen molar-refractivity contribution < 1.29 is 0 Å². The van der Waals surface area contributed by atoms with Crippen molar-refractivity contribution >= 4 is 44.9 Å². The molecule has 1 atom stereocenters. The smallest absolute Gasteiger partial charge is 0.267 e. The number of nitrogens with zero attached hydrogens (tertiary/aromatic N) is 3. The van der Waals surface area contributed by atoms with Crippen LogP contribution in [0.25, 0.3) is 15.9 Å². The lowest BCUT2D eigenvalue weighted by atomic mass is 9.89. The van der Waals surface area contributed by atoms with Crippen LogP contribution in [0.3, 0.4) is 0 Å². The summed E-state index contributed by atoms with van der Waals surface area (Å²) >= 11 is 8.91. The Morgan fingerprint density at radius 1 is 1.42 bits per heavy atom. The molecule has 1 aliphatic rings. The van der Waals surface area contributed by atoms with Crippen molar-refractivity contribution in [1.29, 1.82) is 5.26 Å². The second kappa shape index (κ2) is 7.07. The first-order chi connectivity index (χ1) is 12.6. The minimum Gasteiger partial charge on any atom is -0.268 e. The Morgan fingerprint density at radius 2 is 2.19 bits per heavy atom. The molecule has 4 rings (SSSR count). The summed E-state index contributed by atoms with van der Waals surface area (Å²) in [4.78, 5) is 20.3. The first kappa shape index (κ1) is 17.6. The van der Waals surface area contributed by atoms with Crippen molar-refractivity contribution in [1.82, 2.24) is 9.55 Å². The molecule has 4 nitrogen and oxygen atoms in total. The third kappa shape index (κ3) is 3.05. The molecule has 132 valence electrons. The molecule has 0 aliphatic heterocycles. The predicted molar refractivity (Wildman–Crippen MR) is 108 cm³/mol. The molecule has 0 spiro atoms. The van der Waals surface area contributed by atoms with E-state index >= 15 is 0 Å². The van der Waals surface area contributed by atoms with E-state index in [0.717, 1.165) is 35.2 Å². The van der Waals surface area contributed by atoms with Crippen LogP contribution in [-0.4, -0.2) is 15.3 Å². The molecule has 2 heterocycles. The quantitative estimate of drug-likeness (QED) is 0.465. The van der Waals surface area contributed by atoms with Gasteiger partial charge in [0.15, 0.2) is 5.16 Å². The maximum absolute atomic E-state index is 13.4. The Hall–Kier alpha value is -1.81. The summed E-state index contributed by atoms with van der Waals surface area (Å²) < 4.78 is 1.62. The van der Waals surface area contributed by atoms with E-state index in [1.165, 1.54) is 22.2 Å². The molecule has 3 aromatic rings. The van der Waals surface area contributed by atoms with Gasteiger partial charge in [0.25, 0.3) is 5.56 Å². The van der Waals surface area contributed by atoms with Gasteiger partial charge in [0, 0.05) is 9.90 Å². The zero-order valence-electron chi connectivity index (χ0n) is 14.2. The third-order valence-electron chi connectivity index (χ3n) is 4.65. The molecule has 0 bridgehead atoms. The molecule has 0 fully saturated rings. The number of benzene rings is 1. The van der Waals surface area contributed by atoms with Gasteiger partial charge in [0.05, 0.1) is 22.9 Å². The minimum atomic E-state index is -0.0511. The van der Waals surface area contributed by atoms with Gasteiger partial charge in [0.2, 0.25) is 0 Å². The number of hydrogen-bond donors (Lipinski definition) is 0. The normalized spacial score (nSPS) is 16.4. The Balaban J connectivity index is 1.98. The number of rotatable bonds is 3. The maximum Gasteiger partial charge on any atom is 0.267 e. The van der Waals surface area contributed by atoms with E-state index in [1.807, 2.05) is 12.1 Å². The molecule has 0 saturated carbocycles. The first-order valence-electron chi connectivity index (χ1n) is 8.41. The fraction of sp³-hybridized carbons (Fsp3) is 0.316. The highest BCUT2D eigenvalue weighted by atomic mass is 35.5. The highest BCUT2D eigenvalue weighted by Gasteiger charge is 2.25. The average molecular weight is 402 g/mol. The molecule has 1 aromatic carbocycles. The predicted octanol–water partition coefficient (Wildman–Crippen LogP) is 4.84. The largest absolute Gasteiger partial charge is 0.268 e. The summed E-state index contributed by atoms with van der Waals surface area (Å²) in [5.41, 5.74) is 1.84. The van der Waals surface area contributed by atoms with Crippen molar-refractivity contribution in [2.45, 2.75) is 31.3 Å². The van der Waals surface area contributed by atoms with Gasteiger partial charge in [-0.05, 0) is 55.0 Å². The van der Waals surface area contributed by atoms with Gasteiger partial charge in [-0.3, -0.25) is 9.36 Å². The topological polar surface area (TPSA) is 58.7 Å². The summed E-state index contributed by atoms with van der Waals surface area (Å²) in [7, 11) is 0. The molecule has 0 radical (unpaired) electrons. The number of aromatic nitrogens is 2. The fourth-order valence-corrected chi connectivity index (χ4v) is 5.61. The van der Waals surface area contributed by atoms with Crippen molar-refractivity contribution in [3.05, 3.63) is 50.1 Å². The zero-order chi connectivity index (χ0) is 18.3. The second-order valence-electron chi connectivity index (χ2n) is 6.49. The Labute approximate surface area is 164 Å². The number of thiophene rings is 1. The van der Waals surface area contributed by atoms with Gasteiger partial charge in [-0.1, -0.05) is 30.3 Å². The summed E-state index contributed by atoms with van der Waals surface area (Å²) in [6, 6.07) is 9.27. The van der Waals surface area contributed by atoms with Crippen LogP contribution >= 0.6 is 34.7 Å². The second-order valence-corrected chi connectivity index (χ2v) is 8.95. The lowest BCUT2D eigenvalue weighted by Crippen LogP contribution is -2.22. The molecule has 0 unspecified atom stereocenters. The molecular weight excluding hydrogens is 386 g/mol. The molecular formula is C19H16ClN3OS2. The number of nitriles is 1. The molecule has 26 heavy (non-hydrogen) atoms. The monoisotopic (exact) mass is 401 g/mol. The van der Waals surface area contributed by atoms with Gasteiger partial charge < -0.3 is 0 Å². The summed E-state index contributed by atoms with van der Waals surface area (Å²) in [6.07, 6.45) is 3.04. The Morgan fingerprint density at radius 3 is 2.92 bits per heavy atom. The number of thioether (sulfide) groups is 1. The first-order valence-corrected chi connectivity index (χ1v) is 10.6. The molecule has 1 aliphatic carbocycles. The summed E-state index contributed by atoms with van der Waals surface area (Å²) in [5.74, 6) is 0.884. The number of fused-ring (bicyclic) bond motifs is 3. The average Bonchev–Trinajstić information content (AvgIpc) is 2.98. The van der Waals surface area contributed by atoms with E-state index in [2.05, 4.69) is 13.0 Å². The Kier molecular flexibility index (Phi) is 4.78. The highest BCUT2D eigenvalue weighted by molar-refractivity contribution is 7.99. The van der Waals surface area contributed by atoms with E-state index in [-0.39, 0.29) is 11.3 Å². The highest BCUT2D eigenvalue weighted by Crippen LogP contribution is 2.37. The molecule has 7 heteroatoms. The maximum atomic E-state index is 13.4. The number of halogens is 1. The van der Waals surface area contributed by atoms with Crippen LogP contribution in [0, 0.1) is 17.2 Å². The van der Waals surface area contributed by atoms with E-state index < -0.39 is 0 Å². The number of aryl methyl sites for hydroxylation is 1.